The van der Waals surface area contributed by atoms with Crippen LogP contribution in [0.25, 0.3) is 0 Å². The lowest BCUT2D eigenvalue weighted by atomic mass is 10.3. The zero-order valence-electron chi connectivity index (χ0n) is 7.53. The van der Waals surface area contributed by atoms with E-state index in [-0.39, 0.29) is 5.91 Å². The number of nitrogens with zero attached hydrogens (tertiary/aromatic N) is 1. The van der Waals surface area contributed by atoms with E-state index in [4.69, 9.17) is 0 Å². The lowest BCUT2D eigenvalue weighted by Crippen LogP contribution is -2.20. The molecule has 0 aliphatic carbocycles. The third kappa shape index (κ3) is 3.51. The molecule has 0 spiro atoms. The van der Waals surface area contributed by atoms with Crippen molar-refractivity contribution >= 4 is 5.91 Å². The van der Waals surface area contributed by atoms with Crippen molar-refractivity contribution in [1.29, 1.82) is 0 Å². The molecule has 0 aromatic carbocycles. The number of nitrogens with one attached hydrogen (secondary N) is 1. The molecule has 68 valence electrons. The summed E-state index contributed by atoms with van der Waals surface area (Å²) in [6.45, 7) is 2.33. The molecule has 0 aliphatic heterocycles. The maximum atomic E-state index is 11.0. The topological polar surface area (TPSA) is 42.0 Å². The molecule has 3 nitrogen and oxygen atoms in total. The SMILES string of the molecule is CC=CC(=O)NCc1cccnc1. The van der Waals surface area contributed by atoms with Gasteiger partial charge in [0, 0.05) is 18.9 Å². The van der Waals surface area contributed by atoms with Crippen molar-refractivity contribution in [2.75, 3.05) is 0 Å². The Morgan fingerprint density at radius 1 is 1.69 bits per heavy atom. The van der Waals surface area contributed by atoms with Gasteiger partial charge in [0.2, 0.25) is 5.91 Å². The van der Waals surface area contributed by atoms with Gasteiger partial charge in [-0.2, -0.15) is 0 Å². The van der Waals surface area contributed by atoms with Gasteiger partial charge in [-0.25, -0.2) is 0 Å². The number of hydrogen-bond acceptors (Lipinski definition) is 2. The Bertz CT molecular complexity index is 293. The van der Waals surface area contributed by atoms with Gasteiger partial charge in [-0.05, 0) is 24.6 Å². The number of aromatic nitrogens is 1. The van der Waals surface area contributed by atoms with Crippen molar-refractivity contribution in [3.05, 3.63) is 42.2 Å². The van der Waals surface area contributed by atoms with Crippen LogP contribution in [0, 0.1) is 0 Å². The molecule has 0 fully saturated rings. The van der Waals surface area contributed by atoms with Gasteiger partial charge in [0.05, 0.1) is 0 Å². The van der Waals surface area contributed by atoms with Crippen LogP contribution in [0.2, 0.25) is 0 Å². The minimum Gasteiger partial charge on any atom is -0.348 e. The fourth-order valence-corrected chi connectivity index (χ4v) is 0.902. The van der Waals surface area contributed by atoms with Gasteiger partial charge in [0.15, 0.2) is 0 Å². The Labute approximate surface area is 77.5 Å². The summed E-state index contributed by atoms with van der Waals surface area (Å²) >= 11 is 0. The molecule has 0 saturated carbocycles. The number of pyridine rings is 1. The van der Waals surface area contributed by atoms with Crippen LogP contribution in [0.15, 0.2) is 36.7 Å². The average molecular weight is 176 g/mol. The van der Waals surface area contributed by atoms with Crippen LogP contribution < -0.4 is 5.32 Å². The van der Waals surface area contributed by atoms with Crippen LogP contribution in [-0.2, 0) is 11.3 Å². The second-order valence-electron chi connectivity index (χ2n) is 2.58. The van der Waals surface area contributed by atoms with E-state index in [2.05, 4.69) is 10.3 Å². The molecule has 1 heterocycles. The summed E-state index contributed by atoms with van der Waals surface area (Å²) in [7, 11) is 0. The highest BCUT2D eigenvalue weighted by atomic mass is 16.1. The number of carbonyl (C=O) groups excluding carboxylic acids is 1. The quantitative estimate of drug-likeness (QED) is 0.705. The molecule has 1 aromatic rings. The van der Waals surface area contributed by atoms with E-state index >= 15 is 0 Å². The van der Waals surface area contributed by atoms with E-state index in [1.54, 1.807) is 18.5 Å². The molecular weight excluding hydrogens is 164 g/mol. The third-order valence-electron chi connectivity index (χ3n) is 1.51. The van der Waals surface area contributed by atoms with E-state index in [0.29, 0.717) is 6.54 Å². The van der Waals surface area contributed by atoms with Gasteiger partial charge in [-0.1, -0.05) is 12.1 Å². The number of hydrogen-bond donors (Lipinski definition) is 1. The van der Waals surface area contributed by atoms with Crippen LogP contribution >= 0.6 is 0 Å². The molecule has 0 aliphatic rings. The molecular formula is C10H12N2O. The lowest BCUT2D eigenvalue weighted by molar-refractivity contribution is -0.116. The molecule has 1 rings (SSSR count). The second-order valence-corrected chi connectivity index (χ2v) is 2.58. The monoisotopic (exact) mass is 176 g/mol. The smallest absolute Gasteiger partial charge is 0.243 e. The molecule has 0 bridgehead atoms. The van der Waals surface area contributed by atoms with Crippen LogP contribution in [0.3, 0.4) is 0 Å². The average Bonchev–Trinajstić information content (AvgIpc) is 2.17. The Kier molecular flexibility index (Phi) is 3.70. The summed E-state index contributed by atoms with van der Waals surface area (Å²) in [5.74, 6) is -0.0775. The summed E-state index contributed by atoms with van der Waals surface area (Å²) < 4.78 is 0. The molecule has 1 aromatic heterocycles. The van der Waals surface area contributed by atoms with E-state index in [1.807, 2.05) is 19.1 Å². The highest BCUT2D eigenvalue weighted by molar-refractivity contribution is 5.87. The van der Waals surface area contributed by atoms with Crippen LogP contribution in [0.4, 0.5) is 0 Å². The second kappa shape index (κ2) is 5.09. The Hall–Kier alpha value is -1.64. The fraction of sp³-hybridized carbons (Fsp3) is 0.200. The predicted molar refractivity (Wildman–Crippen MR) is 50.9 cm³/mol. The van der Waals surface area contributed by atoms with E-state index in [0.717, 1.165) is 5.56 Å². The first-order chi connectivity index (χ1) is 6.33. The van der Waals surface area contributed by atoms with E-state index < -0.39 is 0 Å². The molecule has 0 atom stereocenters. The molecule has 1 N–H and O–H groups in total. The van der Waals surface area contributed by atoms with Gasteiger partial charge in [0.25, 0.3) is 0 Å². The maximum absolute atomic E-state index is 11.0. The summed E-state index contributed by atoms with van der Waals surface area (Å²) in [4.78, 5) is 14.9. The summed E-state index contributed by atoms with van der Waals surface area (Å²) in [6.07, 6.45) is 6.64. The Morgan fingerprint density at radius 3 is 3.15 bits per heavy atom. The van der Waals surface area contributed by atoms with Crippen molar-refractivity contribution < 1.29 is 4.79 Å². The van der Waals surface area contributed by atoms with Crippen molar-refractivity contribution in [1.82, 2.24) is 10.3 Å². The normalized spacial score (nSPS) is 10.2. The maximum Gasteiger partial charge on any atom is 0.243 e. The van der Waals surface area contributed by atoms with Gasteiger partial charge >= 0.3 is 0 Å². The largest absolute Gasteiger partial charge is 0.348 e. The number of rotatable bonds is 3. The molecule has 0 radical (unpaired) electrons. The van der Waals surface area contributed by atoms with Gasteiger partial charge in [-0.15, -0.1) is 0 Å². The molecule has 1 amide bonds. The van der Waals surface area contributed by atoms with Gasteiger partial charge in [0.1, 0.15) is 0 Å². The predicted octanol–water partition coefficient (Wildman–Crippen LogP) is 1.27. The zero-order chi connectivity index (χ0) is 9.52. The van der Waals surface area contributed by atoms with Crippen LogP contribution in [0.1, 0.15) is 12.5 Å². The Morgan fingerprint density at radius 2 is 2.54 bits per heavy atom. The summed E-state index contributed by atoms with van der Waals surface area (Å²) in [6, 6.07) is 3.76. The number of carbonyl (C=O) groups is 1. The first kappa shape index (κ1) is 9.45. The minimum atomic E-state index is -0.0775. The van der Waals surface area contributed by atoms with Crippen molar-refractivity contribution in [2.24, 2.45) is 0 Å². The Balaban J connectivity index is 2.40. The number of allylic oxidation sites excluding steroid dienone is 1. The fourth-order valence-electron chi connectivity index (χ4n) is 0.902. The molecule has 13 heavy (non-hydrogen) atoms. The lowest BCUT2D eigenvalue weighted by Gasteiger charge is -2.00. The summed E-state index contributed by atoms with van der Waals surface area (Å²) in [5, 5.41) is 2.73. The van der Waals surface area contributed by atoms with Gasteiger partial charge < -0.3 is 5.32 Å². The van der Waals surface area contributed by atoms with Crippen LogP contribution in [0.5, 0.6) is 0 Å². The number of amides is 1. The molecule has 3 heteroatoms. The zero-order valence-corrected chi connectivity index (χ0v) is 7.53. The van der Waals surface area contributed by atoms with E-state index in [1.165, 1.54) is 6.08 Å². The standard InChI is InChI=1S/C10H12N2O/c1-2-4-10(13)12-8-9-5-3-6-11-7-9/h2-7H,8H2,1H3,(H,12,13). The first-order valence-corrected chi connectivity index (χ1v) is 4.12. The first-order valence-electron chi connectivity index (χ1n) is 4.12. The highest BCUT2D eigenvalue weighted by Crippen LogP contribution is 1.93. The van der Waals surface area contributed by atoms with E-state index in [9.17, 15) is 4.79 Å². The highest BCUT2D eigenvalue weighted by Gasteiger charge is 1.94. The summed E-state index contributed by atoms with van der Waals surface area (Å²) in [5.41, 5.74) is 1.00. The molecule has 0 saturated heterocycles. The minimum absolute atomic E-state index is 0.0775. The van der Waals surface area contributed by atoms with Crippen molar-refractivity contribution in [3.8, 4) is 0 Å². The van der Waals surface area contributed by atoms with Crippen LogP contribution in [-0.4, -0.2) is 10.9 Å². The van der Waals surface area contributed by atoms with Crippen molar-refractivity contribution in [2.45, 2.75) is 13.5 Å². The van der Waals surface area contributed by atoms with Crippen molar-refractivity contribution in [3.63, 3.8) is 0 Å². The van der Waals surface area contributed by atoms with Gasteiger partial charge in [-0.3, -0.25) is 9.78 Å². The molecule has 0 unspecified atom stereocenters. The third-order valence-corrected chi connectivity index (χ3v) is 1.51.